The Balaban J connectivity index is 1.81. The average molecular weight is 373 g/mol. The third-order valence-electron chi connectivity index (χ3n) is 5.40. The molecule has 3 saturated heterocycles. The third-order valence-corrected chi connectivity index (χ3v) is 5.40. The largest absolute Gasteiger partial charge is 0.347 e. The minimum atomic E-state index is -0.248. The zero-order valence-electron chi connectivity index (χ0n) is 16.2. The smallest absolute Gasteiger partial charge is 0.257 e. The molecule has 0 aromatic carbocycles. The Morgan fingerprint density at radius 2 is 2.04 bits per heavy atom. The lowest BCUT2D eigenvalue weighted by Gasteiger charge is -2.35. The van der Waals surface area contributed by atoms with Gasteiger partial charge in [0.25, 0.3) is 5.91 Å². The van der Waals surface area contributed by atoms with Crippen LogP contribution in [0.1, 0.15) is 42.2 Å². The molecule has 0 radical (unpaired) electrons. The summed E-state index contributed by atoms with van der Waals surface area (Å²) in [5, 5.41) is 0. The summed E-state index contributed by atoms with van der Waals surface area (Å²) >= 11 is 0. The van der Waals surface area contributed by atoms with Crippen molar-refractivity contribution in [3.8, 4) is 0 Å². The van der Waals surface area contributed by atoms with Crippen molar-refractivity contribution in [2.75, 3.05) is 33.7 Å². The lowest BCUT2D eigenvalue weighted by atomic mass is 9.94. The second-order valence-electron chi connectivity index (χ2n) is 7.53. The number of likely N-dealkylation sites (N-methyl/N-ethyl adjacent to an activating group) is 1. The van der Waals surface area contributed by atoms with Crippen LogP contribution in [0.25, 0.3) is 0 Å². The van der Waals surface area contributed by atoms with E-state index in [1.807, 2.05) is 6.92 Å². The van der Waals surface area contributed by atoms with Crippen molar-refractivity contribution >= 4 is 17.7 Å². The summed E-state index contributed by atoms with van der Waals surface area (Å²) in [5.41, 5.74) is 1.27. The first kappa shape index (κ1) is 19.3. The summed E-state index contributed by atoms with van der Waals surface area (Å²) in [5.74, 6) is -0.489. The van der Waals surface area contributed by atoms with Crippen LogP contribution in [-0.2, 0) is 16.0 Å². The van der Waals surface area contributed by atoms with Gasteiger partial charge in [0, 0.05) is 39.4 Å². The van der Waals surface area contributed by atoms with Crippen LogP contribution in [0.5, 0.6) is 0 Å². The van der Waals surface area contributed by atoms with Crippen molar-refractivity contribution in [2.24, 2.45) is 5.92 Å². The molecule has 3 aliphatic heterocycles. The Morgan fingerprint density at radius 1 is 1.26 bits per heavy atom. The maximum atomic E-state index is 13.2. The van der Waals surface area contributed by atoms with Gasteiger partial charge in [-0.2, -0.15) is 0 Å². The van der Waals surface area contributed by atoms with E-state index in [1.54, 1.807) is 30.1 Å². The summed E-state index contributed by atoms with van der Waals surface area (Å²) < 4.78 is 0. The first-order valence-electron chi connectivity index (χ1n) is 9.51. The Hall–Kier alpha value is -2.51. The molecule has 0 N–H and O–H groups in total. The highest BCUT2D eigenvalue weighted by atomic mass is 16.2. The minimum Gasteiger partial charge on any atom is -0.347 e. The predicted octanol–water partition coefficient (Wildman–Crippen LogP) is 0.580. The van der Waals surface area contributed by atoms with Crippen LogP contribution in [0.3, 0.4) is 0 Å². The Bertz CT molecular complexity index is 736. The topological polar surface area (TPSA) is 86.7 Å². The highest BCUT2D eigenvalue weighted by Crippen LogP contribution is 2.30. The molecule has 3 amide bonds. The van der Waals surface area contributed by atoms with Gasteiger partial charge < -0.3 is 14.7 Å². The number of hydrogen-bond donors (Lipinski definition) is 0. The first-order chi connectivity index (χ1) is 12.9. The number of carbonyl (C=O) groups is 3. The first-order valence-corrected chi connectivity index (χ1v) is 9.51. The number of amides is 3. The Kier molecular flexibility index (Phi) is 5.72. The Labute approximate surface area is 159 Å². The molecule has 8 heteroatoms. The highest BCUT2D eigenvalue weighted by Gasteiger charge is 2.43. The molecule has 146 valence electrons. The quantitative estimate of drug-likeness (QED) is 0.754. The molecule has 27 heavy (non-hydrogen) atoms. The zero-order chi connectivity index (χ0) is 19.6. The van der Waals surface area contributed by atoms with Gasteiger partial charge >= 0.3 is 0 Å². The van der Waals surface area contributed by atoms with Crippen molar-refractivity contribution < 1.29 is 14.4 Å². The maximum Gasteiger partial charge on any atom is 0.257 e. The summed E-state index contributed by atoms with van der Waals surface area (Å²) in [6.45, 7) is 2.95. The number of aryl methyl sites for hydroxylation is 1. The Morgan fingerprint density at radius 3 is 2.74 bits per heavy atom. The molecule has 1 aromatic heterocycles. The molecule has 4 rings (SSSR count). The number of rotatable bonds is 5. The number of piperidine rings is 1. The van der Waals surface area contributed by atoms with E-state index in [2.05, 4.69) is 9.97 Å². The summed E-state index contributed by atoms with van der Waals surface area (Å²) in [6.07, 6.45) is 6.21. The van der Waals surface area contributed by atoms with E-state index < -0.39 is 0 Å². The summed E-state index contributed by atoms with van der Waals surface area (Å²) in [4.78, 5) is 51.3. The predicted molar refractivity (Wildman–Crippen MR) is 98.8 cm³/mol. The molecule has 0 aliphatic carbocycles. The van der Waals surface area contributed by atoms with Gasteiger partial charge in [0.05, 0.1) is 17.2 Å². The molecular weight excluding hydrogens is 346 g/mol. The standard InChI is InChI=1S/C19H27N5O3/c1-4-5-16-15(8-20-12-21-16)19(27)23-9-13-6-7-14(10-23)24(18(13)26)11-17(25)22(2)3/h8,12-14H,4-7,9-11H2,1-3H3/t13-,14+/m0/s1. The molecule has 0 spiro atoms. The molecule has 3 fully saturated rings. The average Bonchev–Trinajstić information content (AvgIpc) is 2.94. The molecule has 1 aromatic rings. The third kappa shape index (κ3) is 3.94. The van der Waals surface area contributed by atoms with Gasteiger partial charge in [-0.15, -0.1) is 0 Å². The SMILES string of the molecule is CCCc1ncncc1C(=O)N1C[C@@H]2CC[C@H](C1)N(CC(=O)N(C)C)C2=O. The zero-order valence-corrected chi connectivity index (χ0v) is 16.2. The van der Waals surface area contributed by atoms with Gasteiger partial charge in [0.15, 0.2) is 0 Å². The van der Waals surface area contributed by atoms with Crippen molar-refractivity contribution in [1.29, 1.82) is 0 Å². The molecule has 8 nitrogen and oxygen atoms in total. The van der Waals surface area contributed by atoms with Gasteiger partial charge in [-0.25, -0.2) is 9.97 Å². The number of carbonyl (C=O) groups excluding carboxylic acids is 3. The fourth-order valence-electron chi connectivity index (χ4n) is 3.84. The van der Waals surface area contributed by atoms with Gasteiger partial charge in [-0.1, -0.05) is 13.3 Å². The van der Waals surface area contributed by atoms with E-state index in [9.17, 15) is 14.4 Å². The minimum absolute atomic E-state index is 0.0187. The molecular formula is C19H27N5O3. The van der Waals surface area contributed by atoms with Crippen LogP contribution in [0.2, 0.25) is 0 Å². The molecule has 0 saturated carbocycles. The lowest BCUT2D eigenvalue weighted by Crippen LogP contribution is -2.51. The summed E-state index contributed by atoms with van der Waals surface area (Å²) in [6, 6.07) is -0.122. The fraction of sp³-hybridized carbons (Fsp3) is 0.632. The lowest BCUT2D eigenvalue weighted by molar-refractivity contribution is -0.145. The van der Waals surface area contributed by atoms with Crippen molar-refractivity contribution in [3.05, 3.63) is 23.8 Å². The second-order valence-corrected chi connectivity index (χ2v) is 7.53. The molecule has 3 aliphatic rings. The molecule has 4 heterocycles. The van der Waals surface area contributed by atoms with Crippen LogP contribution in [0, 0.1) is 5.92 Å². The van der Waals surface area contributed by atoms with Gasteiger partial charge in [0.2, 0.25) is 11.8 Å². The van der Waals surface area contributed by atoms with Crippen molar-refractivity contribution in [2.45, 2.75) is 38.6 Å². The second kappa shape index (κ2) is 8.02. The van der Waals surface area contributed by atoms with Crippen LogP contribution in [-0.4, -0.2) is 82.2 Å². The number of fused-ring (bicyclic) bond motifs is 4. The normalized spacial score (nSPS) is 22.0. The number of hydrogen-bond acceptors (Lipinski definition) is 5. The van der Waals surface area contributed by atoms with Gasteiger partial charge in [0.1, 0.15) is 12.9 Å². The molecule has 2 atom stereocenters. The number of nitrogens with zero attached hydrogens (tertiary/aromatic N) is 5. The van der Waals surface area contributed by atoms with Gasteiger partial charge in [-0.05, 0) is 19.3 Å². The van der Waals surface area contributed by atoms with E-state index in [0.29, 0.717) is 25.1 Å². The van der Waals surface area contributed by atoms with Crippen LogP contribution in [0.15, 0.2) is 12.5 Å². The van der Waals surface area contributed by atoms with E-state index in [4.69, 9.17) is 0 Å². The maximum absolute atomic E-state index is 13.2. The highest BCUT2D eigenvalue weighted by molar-refractivity contribution is 5.96. The van der Waals surface area contributed by atoms with Crippen LogP contribution in [0.4, 0.5) is 0 Å². The van der Waals surface area contributed by atoms with Crippen LogP contribution < -0.4 is 0 Å². The van der Waals surface area contributed by atoms with Crippen molar-refractivity contribution in [3.63, 3.8) is 0 Å². The molecule has 2 bridgehead atoms. The van der Waals surface area contributed by atoms with E-state index >= 15 is 0 Å². The van der Waals surface area contributed by atoms with E-state index in [1.165, 1.54) is 11.2 Å². The van der Waals surface area contributed by atoms with Crippen molar-refractivity contribution in [1.82, 2.24) is 24.7 Å². The monoisotopic (exact) mass is 373 g/mol. The van der Waals surface area contributed by atoms with E-state index in [0.717, 1.165) is 25.0 Å². The fourth-order valence-corrected chi connectivity index (χ4v) is 3.84. The van der Waals surface area contributed by atoms with E-state index in [-0.39, 0.29) is 36.2 Å². The number of aromatic nitrogens is 2. The van der Waals surface area contributed by atoms with Crippen LogP contribution >= 0.6 is 0 Å². The molecule has 0 unspecified atom stereocenters. The van der Waals surface area contributed by atoms with Gasteiger partial charge in [-0.3, -0.25) is 14.4 Å². The summed E-state index contributed by atoms with van der Waals surface area (Å²) in [7, 11) is 3.37.